The lowest BCUT2D eigenvalue weighted by Gasteiger charge is -2.11. The lowest BCUT2D eigenvalue weighted by Crippen LogP contribution is -2.22. The molecule has 0 fully saturated rings. The minimum absolute atomic E-state index is 0.0385. The van der Waals surface area contributed by atoms with Crippen molar-refractivity contribution in [3.8, 4) is 0 Å². The van der Waals surface area contributed by atoms with Gasteiger partial charge in [-0.25, -0.2) is 0 Å². The molecular weight excluding hydrogens is 324 g/mol. The van der Waals surface area contributed by atoms with Crippen molar-refractivity contribution in [2.45, 2.75) is 24.3 Å². The molecule has 1 atom stereocenters. The van der Waals surface area contributed by atoms with Gasteiger partial charge < -0.3 is 5.32 Å². The molecule has 1 unspecified atom stereocenters. The maximum atomic E-state index is 12.4. The number of fused-ring (bicyclic) bond motifs is 1. The lowest BCUT2D eigenvalue weighted by atomic mass is 10.1. The largest absolute Gasteiger partial charge is 0.325 e. The molecule has 2 aromatic heterocycles. The van der Waals surface area contributed by atoms with E-state index in [0.29, 0.717) is 16.4 Å². The van der Waals surface area contributed by atoms with Crippen LogP contribution in [-0.2, 0) is 4.79 Å². The molecule has 6 nitrogen and oxygen atoms in total. The number of thioether (sulfide) groups is 1. The third-order valence-electron chi connectivity index (χ3n) is 3.47. The third-order valence-corrected chi connectivity index (χ3v) is 4.53. The van der Waals surface area contributed by atoms with Crippen LogP contribution in [0.3, 0.4) is 0 Å². The van der Waals surface area contributed by atoms with Crippen LogP contribution in [0.2, 0.25) is 0 Å². The molecule has 0 saturated carbocycles. The summed E-state index contributed by atoms with van der Waals surface area (Å²) in [6.07, 6.45) is 1.86. The number of hydrogen-bond acceptors (Lipinski definition) is 5. The second-order valence-electron chi connectivity index (χ2n) is 5.30. The number of hydrogen-bond donors (Lipinski definition) is 1. The van der Waals surface area contributed by atoms with Crippen molar-refractivity contribution in [2.24, 2.45) is 0 Å². The fraction of sp³-hybridized carbons (Fsp3) is 0.176. The Labute approximate surface area is 143 Å². The van der Waals surface area contributed by atoms with Crippen molar-refractivity contribution in [3.63, 3.8) is 0 Å². The number of carbonyl (C=O) groups is 2. The average Bonchev–Trinajstić information content (AvgIpc) is 2.98. The maximum absolute atomic E-state index is 12.4. The van der Waals surface area contributed by atoms with E-state index in [1.165, 1.54) is 18.7 Å². The van der Waals surface area contributed by atoms with Crippen LogP contribution in [0, 0.1) is 0 Å². The highest BCUT2D eigenvalue weighted by atomic mass is 32.2. The molecule has 1 N–H and O–H groups in total. The average molecular weight is 340 g/mol. The van der Waals surface area contributed by atoms with Crippen molar-refractivity contribution in [3.05, 3.63) is 54.2 Å². The van der Waals surface area contributed by atoms with Crippen molar-refractivity contribution >= 4 is 34.8 Å². The third kappa shape index (κ3) is 3.46. The summed E-state index contributed by atoms with van der Waals surface area (Å²) < 4.78 is 1.84. The molecule has 7 heteroatoms. The summed E-state index contributed by atoms with van der Waals surface area (Å²) in [5, 5.41) is 11.3. The highest BCUT2D eigenvalue weighted by Gasteiger charge is 2.18. The zero-order valence-corrected chi connectivity index (χ0v) is 14.1. The van der Waals surface area contributed by atoms with Gasteiger partial charge in [-0.3, -0.25) is 14.0 Å². The fourth-order valence-corrected chi connectivity index (χ4v) is 3.01. The predicted octanol–water partition coefficient (Wildman–Crippen LogP) is 3.05. The summed E-state index contributed by atoms with van der Waals surface area (Å²) in [4.78, 5) is 23.8. The minimum atomic E-state index is -0.362. The molecule has 0 aliphatic heterocycles. The normalized spacial score (nSPS) is 12.1. The zero-order chi connectivity index (χ0) is 17.1. The van der Waals surface area contributed by atoms with E-state index >= 15 is 0 Å². The number of ketones is 1. The quantitative estimate of drug-likeness (QED) is 0.571. The maximum Gasteiger partial charge on any atom is 0.237 e. The van der Waals surface area contributed by atoms with Crippen LogP contribution in [-0.4, -0.2) is 31.5 Å². The monoisotopic (exact) mass is 340 g/mol. The number of aromatic nitrogens is 3. The van der Waals surface area contributed by atoms with Gasteiger partial charge in [-0.1, -0.05) is 30.0 Å². The molecule has 3 aromatic rings. The molecule has 1 amide bonds. The van der Waals surface area contributed by atoms with Crippen molar-refractivity contribution in [1.29, 1.82) is 0 Å². The molecule has 0 aliphatic carbocycles. The number of nitrogens with one attached hydrogen (secondary N) is 1. The Morgan fingerprint density at radius 1 is 1.17 bits per heavy atom. The Kier molecular flexibility index (Phi) is 4.61. The number of pyridine rings is 1. The van der Waals surface area contributed by atoms with E-state index in [9.17, 15) is 9.59 Å². The molecule has 0 radical (unpaired) electrons. The molecule has 0 aliphatic rings. The molecule has 24 heavy (non-hydrogen) atoms. The SMILES string of the molecule is CC(=O)c1cccc(NC(=O)C(C)Sc2nnc3ccccn23)c1. The predicted molar refractivity (Wildman–Crippen MR) is 93.4 cm³/mol. The van der Waals surface area contributed by atoms with E-state index in [4.69, 9.17) is 0 Å². The first-order valence-electron chi connectivity index (χ1n) is 7.43. The number of Topliss-reactive ketones (excluding diaryl/α,β-unsaturated/α-hetero) is 1. The van der Waals surface area contributed by atoms with Crippen LogP contribution in [0.15, 0.2) is 53.8 Å². The molecule has 0 spiro atoms. The summed E-state index contributed by atoms with van der Waals surface area (Å²) in [5.74, 6) is -0.197. The van der Waals surface area contributed by atoms with Crippen LogP contribution in [0.4, 0.5) is 5.69 Å². The van der Waals surface area contributed by atoms with E-state index in [1.807, 2.05) is 28.8 Å². The number of anilines is 1. The van der Waals surface area contributed by atoms with E-state index in [0.717, 1.165) is 5.65 Å². The second-order valence-corrected chi connectivity index (χ2v) is 6.61. The molecule has 3 rings (SSSR count). The van der Waals surface area contributed by atoms with Crippen LogP contribution in [0.5, 0.6) is 0 Å². The van der Waals surface area contributed by atoms with Crippen molar-refractivity contribution < 1.29 is 9.59 Å². The van der Waals surface area contributed by atoms with Gasteiger partial charge in [-0.2, -0.15) is 0 Å². The van der Waals surface area contributed by atoms with E-state index in [2.05, 4.69) is 15.5 Å². The Bertz CT molecular complexity index is 906. The fourth-order valence-electron chi connectivity index (χ4n) is 2.17. The number of rotatable bonds is 5. The van der Waals surface area contributed by atoms with Gasteiger partial charge in [0.05, 0.1) is 5.25 Å². The molecular formula is C17H16N4O2S. The summed E-state index contributed by atoms with van der Waals surface area (Å²) in [5.41, 5.74) is 1.91. The van der Waals surface area contributed by atoms with E-state index in [1.54, 1.807) is 31.2 Å². The van der Waals surface area contributed by atoms with Crippen LogP contribution in [0.25, 0.3) is 5.65 Å². The van der Waals surface area contributed by atoms with E-state index < -0.39 is 0 Å². The van der Waals surface area contributed by atoms with Crippen LogP contribution >= 0.6 is 11.8 Å². The first kappa shape index (κ1) is 16.2. The van der Waals surface area contributed by atoms with Gasteiger partial charge in [-0.05, 0) is 38.1 Å². The smallest absolute Gasteiger partial charge is 0.237 e. The molecule has 1 aromatic carbocycles. The van der Waals surface area contributed by atoms with Crippen LogP contribution < -0.4 is 5.32 Å². The van der Waals surface area contributed by atoms with Gasteiger partial charge >= 0.3 is 0 Å². The van der Waals surface area contributed by atoms with Gasteiger partial charge in [0.1, 0.15) is 0 Å². The molecule has 0 bridgehead atoms. The van der Waals surface area contributed by atoms with Gasteiger partial charge in [0, 0.05) is 17.4 Å². The van der Waals surface area contributed by atoms with Gasteiger partial charge in [-0.15, -0.1) is 10.2 Å². The molecule has 122 valence electrons. The Balaban J connectivity index is 1.71. The Hall–Kier alpha value is -2.67. The summed E-state index contributed by atoms with van der Waals surface area (Å²) in [6, 6.07) is 12.5. The number of amides is 1. The highest BCUT2D eigenvalue weighted by Crippen LogP contribution is 2.23. The highest BCUT2D eigenvalue weighted by molar-refractivity contribution is 8.00. The van der Waals surface area contributed by atoms with Crippen LogP contribution in [0.1, 0.15) is 24.2 Å². The number of carbonyl (C=O) groups excluding carboxylic acids is 2. The second kappa shape index (κ2) is 6.84. The topological polar surface area (TPSA) is 76.4 Å². The number of benzene rings is 1. The standard InChI is InChI=1S/C17H16N4O2S/c1-11(22)13-6-5-7-14(10-13)18-16(23)12(2)24-17-20-19-15-8-3-4-9-21(15)17/h3-10,12H,1-2H3,(H,18,23). The molecule has 0 saturated heterocycles. The summed E-state index contributed by atoms with van der Waals surface area (Å²) in [7, 11) is 0. The lowest BCUT2D eigenvalue weighted by molar-refractivity contribution is -0.115. The first-order chi connectivity index (χ1) is 11.5. The van der Waals surface area contributed by atoms with Gasteiger partial charge in [0.25, 0.3) is 0 Å². The van der Waals surface area contributed by atoms with Crippen molar-refractivity contribution in [1.82, 2.24) is 14.6 Å². The van der Waals surface area contributed by atoms with E-state index in [-0.39, 0.29) is 16.9 Å². The number of nitrogens with zero attached hydrogens (tertiary/aromatic N) is 3. The zero-order valence-electron chi connectivity index (χ0n) is 13.3. The summed E-state index contributed by atoms with van der Waals surface area (Å²) >= 11 is 1.33. The first-order valence-corrected chi connectivity index (χ1v) is 8.31. The minimum Gasteiger partial charge on any atom is -0.325 e. The molecule has 2 heterocycles. The Morgan fingerprint density at radius 2 is 2.00 bits per heavy atom. The van der Waals surface area contributed by atoms with Gasteiger partial charge in [0.15, 0.2) is 16.6 Å². The Morgan fingerprint density at radius 3 is 2.79 bits per heavy atom. The van der Waals surface area contributed by atoms with Gasteiger partial charge in [0.2, 0.25) is 5.91 Å². The van der Waals surface area contributed by atoms with Crippen molar-refractivity contribution in [2.75, 3.05) is 5.32 Å². The summed E-state index contributed by atoms with van der Waals surface area (Å²) in [6.45, 7) is 3.30.